The van der Waals surface area contributed by atoms with Gasteiger partial charge in [-0.3, -0.25) is 9.59 Å². The zero-order valence-corrected chi connectivity index (χ0v) is 11.5. The summed E-state index contributed by atoms with van der Waals surface area (Å²) >= 11 is 0. The van der Waals surface area contributed by atoms with E-state index in [1.165, 1.54) is 0 Å². The van der Waals surface area contributed by atoms with Crippen LogP contribution in [0.4, 0.5) is 0 Å². The minimum absolute atomic E-state index is 0.124. The van der Waals surface area contributed by atoms with Crippen LogP contribution in [0.2, 0.25) is 0 Å². The molecule has 0 fully saturated rings. The maximum Gasteiger partial charge on any atom is 0.156 e. The first kappa shape index (κ1) is 13.3. The van der Waals surface area contributed by atoms with Crippen LogP contribution in [0.3, 0.4) is 0 Å². The van der Waals surface area contributed by atoms with Gasteiger partial charge in [-0.25, -0.2) is 0 Å². The van der Waals surface area contributed by atoms with Crippen molar-refractivity contribution < 1.29 is 9.59 Å². The number of hydrogen-bond donors (Lipinski definition) is 0. The first-order valence-corrected chi connectivity index (χ1v) is 6.86. The number of hydrogen-bond acceptors (Lipinski definition) is 2. The number of carbonyl (C=O) groups excluding carboxylic acids is 2. The Bertz CT molecular complexity index is 787. The van der Waals surface area contributed by atoms with Gasteiger partial charge < -0.3 is 4.57 Å². The number of ketones is 1. The summed E-state index contributed by atoms with van der Waals surface area (Å²) in [6.45, 7) is 0.281. The molecule has 0 aliphatic rings. The Kier molecular flexibility index (Phi) is 3.65. The van der Waals surface area contributed by atoms with E-state index in [1.54, 1.807) is 6.20 Å². The Balaban J connectivity index is 1.85. The fraction of sp³-hybridized carbons (Fsp3) is 0.111. The van der Waals surface area contributed by atoms with Gasteiger partial charge in [0.2, 0.25) is 0 Å². The van der Waals surface area contributed by atoms with Gasteiger partial charge in [-0.15, -0.1) is 0 Å². The summed E-state index contributed by atoms with van der Waals surface area (Å²) in [7, 11) is 0. The highest BCUT2D eigenvalue weighted by Crippen LogP contribution is 2.20. The maximum atomic E-state index is 12.2. The summed E-state index contributed by atoms with van der Waals surface area (Å²) in [5.74, 6) is 0.124. The Morgan fingerprint density at radius 2 is 1.71 bits per heavy atom. The van der Waals surface area contributed by atoms with E-state index in [2.05, 4.69) is 0 Å². The summed E-state index contributed by atoms with van der Waals surface area (Å²) in [4.78, 5) is 23.3. The van der Waals surface area contributed by atoms with Crippen molar-refractivity contribution in [3.63, 3.8) is 0 Å². The molecule has 3 nitrogen and oxygen atoms in total. The first-order valence-electron chi connectivity index (χ1n) is 6.86. The van der Waals surface area contributed by atoms with E-state index < -0.39 is 0 Å². The number of para-hydroxylation sites is 1. The second-order valence-electron chi connectivity index (χ2n) is 5.05. The minimum Gasteiger partial charge on any atom is -0.339 e. The van der Waals surface area contributed by atoms with Gasteiger partial charge in [0.15, 0.2) is 12.1 Å². The lowest BCUT2D eigenvalue weighted by atomic mass is 10.1. The Morgan fingerprint density at radius 3 is 2.48 bits per heavy atom. The lowest BCUT2D eigenvalue weighted by Gasteiger charge is -2.05. The summed E-state index contributed by atoms with van der Waals surface area (Å²) in [6.07, 6.45) is 2.99. The van der Waals surface area contributed by atoms with E-state index >= 15 is 0 Å². The van der Waals surface area contributed by atoms with Gasteiger partial charge in [-0.05, 0) is 11.6 Å². The second kappa shape index (κ2) is 5.75. The Labute approximate surface area is 122 Å². The van der Waals surface area contributed by atoms with Crippen molar-refractivity contribution >= 4 is 23.0 Å². The van der Waals surface area contributed by atoms with Crippen LogP contribution in [-0.4, -0.2) is 16.6 Å². The molecule has 0 saturated heterocycles. The number of aldehydes is 1. The molecule has 2 aromatic carbocycles. The molecule has 0 atom stereocenters. The zero-order chi connectivity index (χ0) is 14.7. The van der Waals surface area contributed by atoms with E-state index in [4.69, 9.17) is 0 Å². The molecular weight excluding hydrogens is 262 g/mol. The van der Waals surface area contributed by atoms with Crippen LogP contribution < -0.4 is 0 Å². The number of nitrogens with zero attached hydrogens (tertiary/aromatic N) is 1. The molecule has 0 spiro atoms. The monoisotopic (exact) mass is 277 g/mol. The molecule has 0 aliphatic carbocycles. The number of carbonyl (C=O) groups is 2. The molecule has 1 heterocycles. The smallest absolute Gasteiger partial charge is 0.156 e. The molecule has 0 saturated carbocycles. The number of fused-ring (bicyclic) bond motifs is 1. The highest BCUT2D eigenvalue weighted by atomic mass is 16.1. The molecule has 0 amide bonds. The summed E-state index contributed by atoms with van der Waals surface area (Å²) < 4.78 is 1.85. The topological polar surface area (TPSA) is 39.1 Å². The van der Waals surface area contributed by atoms with Crippen molar-refractivity contribution in [2.24, 2.45) is 0 Å². The van der Waals surface area contributed by atoms with Crippen LogP contribution in [0.15, 0.2) is 60.8 Å². The molecule has 3 aromatic rings. The van der Waals surface area contributed by atoms with Gasteiger partial charge in [-0.2, -0.15) is 0 Å². The van der Waals surface area contributed by atoms with Gasteiger partial charge in [0.25, 0.3) is 0 Å². The van der Waals surface area contributed by atoms with Crippen molar-refractivity contribution in [1.82, 2.24) is 4.57 Å². The fourth-order valence-corrected chi connectivity index (χ4v) is 2.57. The SMILES string of the molecule is O=Cc1cn(CC(=O)Cc2ccccc2)c2ccccc12. The molecule has 3 rings (SSSR count). The molecule has 0 unspecified atom stereocenters. The van der Waals surface area contributed by atoms with E-state index in [-0.39, 0.29) is 12.3 Å². The van der Waals surface area contributed by atoms with Crippen molar-refractivity contribution in [3.8, 4) is 0 Å². The highest BCUT2D eigenvalue weighted by Gasteiger charge is 2.10. The van der Waals surface area contributed by atoms with Crippen LogP contribution in [0.5, 0.6) is 0 Å². The second-order valence-corrected chi connectivity index (χ2v) is 5.05. The van der Waals surface area contributed by atoms with Crippen LogP contribution in [0.25, 0.3) is 10.9 Å². The van der Waals surface area contributed by atoms with Gasteiger partial charge >= 0.3 is 0 Å². The third kappa shape index (κ3) is 2.77. The Hall–Kier alpha value is -2.68. The van der Waals surface area contributed by atoms with Crippen molar-refractivity contribution in [2.45, 2.75) is 13.0 Å². The number of rotatable bonds is 5. The zero-order valence-electron chi connectivity index (χ0n) is 11.5. The van der Waals surface area contributed by atoms with Crippen molar-refractivity contribution in [3.05, 3.63) is 71.9 Å². The van der Waals surface area contributed by atoms with Gasteiger partial charge in [0.05, 0.1) is 6.54 Å². The van der Waals surface area contributed by atoms with Gasteiger partial charge in [0, 0.05) is 29.1 Å². The maximum absolute atomic E-state index is 12.2. The average molecular weight is 277 g/mol. The molecule has 21 heavy (non-hydrogen) atoms. The molecule has 0 aliphatic heterocycles. The van der Waals surface area contributed by atoms with E-state index in [9.17, 15) is 9.59 Å². The summed E-state index contributed by atoms with van der Waals surface area (Å²) in [6, 6.07) is 17.3. The van der Waals surface area contributed by atoms with Gasteiger partial charge in [0.1, 0.15) is 0 Å². The largest absolute Gasteiger partial charge is 0.339 e. The van der Waals surface area contributed by atoms with Crippen LogP contribution in [0, 0.1) is 0 Å². The van der Waals surface area contributed by atoms with Crippen molar-refractivity contribution in [2.75, 3.05) is 0 Å². The lowest BCUT2D eigenvalue weighted by molar-refractivity contribution is -0.118. The number of benzene rings is 2. The predicted octanol–water partition coefficient (Wildman–Crippen LogP) is 3.27. The fourth-order valence-electron chi connectivity index (χ4n) is 2.57. The normalized spacial score (nSPS) is 10.7. The van der Waals surface area contributed by atoms with Gasteiger partial charge in [-0.1, -0.05) is 48.5 Å². The molecule has 1 aromatic heterocycles. The van der Waals surface area contributed by atoms with E-state index in [0.717, 1.165) is 22.8 Å². The molecule has 0 radical (unpaired) electrons. The summed E-state index contributed by atoms with van der Waals surface area (Å²) in [5.41, 5.74) is 2.55. The molecule has 104 valence electrons. The van der Waals surface area contributed by atoms with E-state index in [1.807, 2.05) is 59.2 Å². The standard InChI is InChI=1S/C18H15NO2/c20-13-15-11-19(18-9-5-4-8-17(15)18)12-16(21)10-14-6-2-1-3-7-14/h1-9,11,13H,10,12H2. The average Bonchev–Trinajstić information content (AvgIpc) is 2.86. The number of aromatic nitrogens is 1. The first-order chi connectivity index (χ1) is 10.3. The van der Waals surface area contributed by atoms with Crippen LogP contribution in [0.1, 0.15) is 15.9 Å². The van der Waals surface area contributed by atoms with Crippen LogP contribution in [-0.2, 0) is 17.8 Å². The Morgan fingerprint density at radius 1 is 1.00 bits per heavy atom. The molecule has 0 N–H and O–H groups in total. The third-order valence-electron chi connectivity index (χ3n) is 3.54. The molecular formula is C18H15NO2. The molecule has 0 bridgehead atoms. The van der Waals surface area contributed by atoms with E-state index in [0.29, 0.717) is 12.0 Å². The number of Topliss-reactive ketones (excluding diaryl/α,β-unsaturated/α-hetero) is 1. The molecule has 3 heteroatoms. The predicted molar refractivity (Wildman–Crippen MR) is 82.5 cm³/mol. The summed E-state index contributed by atoms with van der Waals surface area (Å²) in [5, 5.41) is 0.889. The van der Waals surface area contributed by atoms with Crippen molar-refractivity contribution in [1.29, 1.82) is 0 Å². The third-order valence-corrected chi connectivity index (χ3v) is 3.54. The minimum atomic E-state index is 0.124. The lowest BCUT2D eigenvalue weighted by Crippen LogP contribution is -2.11. The highest BCUT2D eigenvalue weighted by molar-refractivity contribution is 5.98. The quantitative estimate of drug-likeness (QED) is 0.671. The van der Waals surface area contributed by atoms with Crippen LogP contribution >= 0.6 is 0 Å².